The van der Waals surface area contributed by atoms with Crippen molar-refractivity contribution >= 4 is 17.7 Å². The lowest BCUT2D eigenvalue weighted by molar-refractivity contribution is 0.0863. The summed E-state index contributed by atoms with van der Waals surface area (Å²) in [4.78, 5) is 12.3. The molecular formula is C14H19N3O3S. The van der Waals surface area contributed by atoms with E-state index in [1.54, 1.807) is 35.8 Å². The van der Waals surface area contributed by atoms with Crippen molar-refractivity contribution in [3.63, 3.8) is 0 Å². The van der Waals surface area contributed by atoms with E-state index in [2.05, 4.69) is 10.4 Å². The van der Waals surface area contributed by atoms with E-state index in [1.807, 2.05) is 25.4 Å². The molecule has 7 heteroatoms. The van der Waals surface area contributed by atoms with Gasteiger partial charge >= 0.3 is 0 Å². The minimum atomic E-state index is -0.274. The molecule has 0 saturated carbocycles. The first-order chi connectivity index (χ1) is 10.2. The van der Waals surface area contributed by atoms with Crippen molar-refractivity contribution in [2.75, 3.05) is 20.0 Å². The third-order valence-corrected chi connectivity index (χ3v) is 3.60. The molecule has 2 rings (SSSR count). The Morgan fingerprint density at radius 3 is 2.95 bits per heavy atom. The number of aromatic nitrogens is 2. The van der Waals surface area contributed by atoms with E-state index >= 15 is 0 Å². The summed E-state index contributed by atoms with van der Waals surface area (Å²) >= 11 is 1.64. The molecule has 0 unspecified atom stereocenters. The van der Waals surface area contributed by atoms with Crippen molar-refractivity contribution in [3.8, 4) is 0 Å². The molecule has 1 atom stereocenters. The number of thioether (sulfide) groups is 1. The van der Waals surface area contributed by atoms with Gasteiger partial charge in [0, 0.05) is 20.4 Å². The fraction of sp³-hybridized carbons (Fsp3) is 0.429. The van der Waals surface area contributed by atoms with Gasteiger partial charge in [0.1, 0.15) is 5.76 Å². The predicted molar refractivity (Wildman–Crippen MR) is 81.2 cm³/mol. The number of hydrogen-bond acceptors (Lipinski definition) is 5. The highest BCUT2D eigenvalue weighted by Gasteiger charge is 2.20. The van der Waals surface area contributed by atoms with Crippen LogP contribution in [0.5, 0.6) is 0 Å². The zero-order valence-electron chi connectivity index (χ0n) is 12.3. The number of hydrogen-bond donors (Lipinski definition) is 1. The number of rotatable bonds is 7. The summed E-state index contributed by atoms with van der Waals surface area (Å²) in [5, 5.41) is 7.02. The molecule has 0 aliphatic rings. The molecule has 2 aromatic rings. The summed E-state index contributed by atoms with van der Waals surface area (Å²) in [6.45, 7) is 0.365. The standard InChI is InChI=1S/C14H19N3O3S/c1-17-12(6-7-15-17)11(8-19-2)16-14(18)13-5-4-10(20-13)9-21-3/h4-7,11H,8-9H2,1-3H3,(H,16,18)/t11-/m0/s1. The fourth-order valence-corrected chi connectivity index (χ4v) is 2.48. The molecule has 6 nitrogen and oxygen atoms in total. The largest absolute Gasteiger partial charge is 0.455 e. The molecule has 1 N–H and O–H groups in total. The smallest absolute Gasteiger partial charge is 0.287 e. The van der Waals surface area contributed by atoms with Gasteiger partial charge in [-0.1, -0.05) is 0 Å². The highest BCUT2D eigenvalue weighted by Crippen LogP contribution is 2.16. The predicted octanol–water partition coefficient (Wildman–Crippen LogP) is 1.99. The van der Waals surface area contributed by atoms with Gasteiger partial charge in [0.05, 0.1) is 24.1 Å². The summed E-state index contributed by atoms with van der Waals surface area (Å²) in [5.74, 6) is 1.58. The molecule has 0 aromatic carbocycles. The zero-order chi connectivity index (χ0) is 15.2. The Hall–Kier alpha value is -1.73. The van der Waals surface area contributed by atoms with Crippen LogP contribution in [0.3, 0.4) is 0 Å². The number of furan rings is 1. The minimum absolute atomic E-state index is 0.259. The Kier molecular flexibility index (Phi) is 5.46. The van der Waals surface area contributed by atoms with Crippen LogP contribution in [0.4, 0.5) is 0 Å². The molecule has 21 heavy (non-hydrogen) atoms. The van der Waals surface area contributed by atoms with E-state index in [-0.39, 0.29) is 11.9 Å². The molecule has 0 spiro atoms. The topological polar surface area (TPSA) is 69.3 Å². The summed E-state index contributed by atoms with van der Waals surface area (Å²) in [6, 6.07) is 5.09. The maximum atomic E-state index is 12.3. The quantitative estimate of drug-likeness (QED) is 0.847. The van der Waals surface area contributed by atoms with Gasteiger partial charge in [-0.3, -0.25) is 9.48 Å². The van der Waals surface area contributed by atoms with E-state index in [1.165, 1.54) is 0 Å². The first kappa shape index (κ1) is 15.7. The van der Waals surface area contributed by atoms with Crippen LogP contribution in [0.1, 0.15) is 28.1 Å². The molecule has 0 aliphatic heterocycles. The number of amides is 1. The van der Waals surface area contributed by atoms with Crippen LogP contribution in [0.25, 0.3) is 0 Å². The number of nitrogens with one attached hydrogen (secondary N) is 1. The van der Waals surface area contributed by atoms with Crippen LogP contribution in [0.2, 0.25) is 0 Å². The Morgan fingerprint density at radius 1 is 1.52 bits per heavy atom. The number of carbonyl (C=O) groups excluding carboxylic acids is 1. The minimum Gasteiger partial charge on any atom is -0.455 e. The summed E-state index contributed by atoms with van der Waals surface area (Å²) in [5.41, 5.74) is 0.876. The van der Waals surface area contributed by atoms with Crippen LogP contribution in [0, 0.1) is 0 Å². The lowest BCUT2D eigenvalue weighted by Crippen LogP contribution is -2.32. The average molecular weight is 309 g/mol. The van der Waals surface area contributed by atoms with Gasteiger partial charge in [-0.2, -0.15) is 16.9 Å². The molecule has 0 fully saturated rings. The number of methoxy groups -OCH3 is 1. The second kappa shape index (κ2) is 7.33. The van der Waals surface area contributed by atoms with Gasteiger partial charge in [-0.15, -0.1) is 0 Å². The summed E-state index contributed by atoms with van der Waals surface area (Å²) in [7, 11) is 3.42. The Labute approximate surface area is 127 Å². The first-order valence-corrected chi connectivity index (χ1v) is 7.90. The summed E-state index contributed by atoms with van der Waals surface area (Å²) < 4.78 is 12.4. The molecule has 0 bridgehead atoms. The van der Waals surface area contributed by atoms with Crippen molar-refractivity contribution in [1.29, 1.82) is 0 Å². The Balaban J connectivity index is 2.09. The highest BCUT2D eigenvalue weighted by molar-refractivity contribution is 7.97. The van der Waals surface area contributed by atoms with Crippen LogP contribution in [0.15, 0.2) is 28.8 Å². The van der Waals surface area contributed by atoms with Crippen LogP contribution in [-0.2, 0) is 17.5 Å². The van der Waals surface area contributed by atoms with Gasteiger partial charge in [0.15, 0.2) is 5.76 Å². The first-order valence-electron chi connectivity index (χ1n) is 6.51. The van der Waals surface area contributed by atoms with Crippen LogP contribution in [-0.4, -0.2) is 35.7 Å². The number of nitrogens with zero attached hydrogens (tertiary/aromatic N) is 2. The van der Waals surface area contributed by atoms with Gasteiger partial charge in [0.2, 0.25) is 0 Å². The molecule has 0 saturated heterocycles. The maximum absolute atomic E-state index is 12.3. The van der Waals surface area contributed by atoms with Crippen LogP contribution >= 0.6 is 11.8 Å². The maximum Gasteiger partial charge on any atom is 0.287 e. The SMILES string of the molecule is COC[C@H](NC(=O)c1ccc(CSC)o1)c1ccnn1C. The Morgan fingerprint density at radius 2 is 2.33 bits per heavy atom. The third-order valence-electron chi connectivity index (χ3n) is 3.03. The number of ether oxygens (including phenoxy) is 1. The second-order valence-corrected chi connectivity index (χ2v) is 5.43. The monoisotopic (exact) mass is 309 g/mol. The molecule has 114 valence electrons. The number of aryl methyl sites for hydroxylation is 1. The normalized spacial score (nSPS) is 12.3. The van der Waals surface area contributed by atoms with E-state index < -0.39 is 0 Å². The summed E-state index contributed by atoms with van der Waals surface area (Å²) in [6.07, 6.45) is 3.67. The average Bonchev–Trinajstić information content (AvgIpc) is 3.08. The molecule has 2 heterocycles. The van der Waals surface area contributed by atoms with Crippen molar-refractivity contribution in [1.82, 2.24) is 15.1 Å². The van der Waals surface area contributed by atoms with Crippen molar-refractivity contribution in [2.24, 2.45) is 7.05 Å². The number of carbonyl (C=O) groups is 1. The molecule has 0 aliphatic carbocycles. The second-order valence-electron chi connectivity index (χ2n) is 4.56. The van der Waals surface area contributed by atoms with Crippen molar-refractivity contribution in [2.45, 2.75) is 11.8 Å². The van der Waals surface area contributed by atoms with Gasteiger partial charge in [0.25, 0.3) is 5.91 Å². The highest BCUT2D eigenvalue weighted by atomic mass is 32.2. The zero-order valence-corrected chi connectivity index (χ0v) is 13.1. The molecule has 0 radical (unpaired) electrons. The van der Waals surface area contributed by atoms with Crippen molar-refractivity contribution in [3.05, 3.63) is 41.6 Å². The van der Waals surface area contributed by atoms with Crippen molar-refractivity contribution < 1.29 is 13.9 Å². The lowest BCUT2D eigenvalue weighted by Gasteiger charge is -2.17. The van der Waals surface area contributed by atoms with Crippen LogP contribution < -0.4 is 5.32 Å². The van der Waals surface area contributed by atoms with Gasteiger partial charge in [-0.05, 0) is 24.5 Å². The molecular weight excluding hydrogens is 290 g/mol. The van der Waals surface area contributed by atoms with E-state index in [9.17, 15) is 4.79 Å². The third kappa shape index (κ3) is 3.89. The van der Waals surface area contributed by atoms with E-state index in [0.717, 1.165) is 17.2 Å². The van der Waals surface area contributed by atoms with E-state index in [0.29, 0.717) is 12.4 Å². The molecule has 1 amide bonds. The fourth-order valence-electron chi connectivity index (χ4n) is 2.04. The Bertz CT molecular complexity index is 594. The van der Waals surface area contributed by atoms with Gasteiger partial charge < -0.3 is 14.5 Å². The van der Waals surface area contributed by atoms with Gasteiger partial charge in [-0.25, -0.2) is 0 Å². The van der Waals surface area contributed by atoms with E-state index in [4.69, 9.17) is 9.15 Å². The lowest BCUT2D eigenvalue weighted by atomic mass is 10.2. The molecule has 2 aromatic heterocycles.